The number of quaternary nitrogens is 1. The fraction of sp³-hybridized carbons (Fsp3) is 0.467. The lowest BCUT2D eigenvalue weighted by Crippen LogP contribution is -3.15. The molecule has 1 aromatic carbocycles. The van der Waals surface area contributed by atoms with E-state index in [0.29, 0.717) is 19.6 Å². The Labute approximate surface area is 146 Å². The molecular formula is C15H22FN4O4S+. The van der Waals surface area contributed by atoms with E-state index in [-0.39, 0.29) is 24.5 Å². The first kappa shape index (κ1) is 19.3. The Morgan fingerprint density at radius 3 is 2.48 bits per heavy atom. The molecule has 1 aliphatic heterocycles. The lowest BCUT2D eigenvalue weighted by atomic mass is 10.3. The highest BCUT2D eigenvalue weighted by atomic mass is 32.2. The quantitative estimate of drug-likeness (QED) is 0.589. The zero-order chi connectivity index (χ0) is 18.4. The summed E-state index contributed by atoms with van der Waals surface area (Å²) in [5, 5.41) is 4.67. The number of halogens is 1. The van der Waals surface area contributed by atoms with Crippen molar-refractivity contribution in [3.05, 3.63) is 30.1 Å². The Morgan fingerprint density at radius 1 is 1.24 bits per heavy atom. The molecule has 3 amide bonds. The summed E-state index contributed by atoms with van der Waals surface area (Å²) in [6.45, 7) is 3.39. The molecule has 138 valence electrons. The maximum atomic E-state index is 13.8. The molecule has 0 saturated carbocycles. The second-order valence-electron chi connectivity index (χ2n) is 5.67. The average molecular weight is 373 g/mol. The van der Waals surface area contributed by atoms with Gasteiger partial charge in [0.05, 0.1) is 26.2 Å². The van der Waals surface area contributed by atoms with E-state index in [2.05, 4.69) is 10.6 Å². The zero-order valence-corrected chi connectivity index (χ0v) is 14.7. The predicted octanol–water partition coefficient (Wildman–Crippen LogP) is -1.44. The van der Waals surface area contributed by atoms with E-state index in [9.17, 15) is 22.4 Å². The number of imide groups is 1. The number of sulfonamides is 1. The van der Waals surface area contributed by atoms with E-state index >= 15 is 0 Å². The number of piperazine rings is 1. The molecule has 1 aliphatic rings. The van der Waals surface area contributed by atoms with Crippen molar-refractivity contribution in [3.63, 3.8) is 0 Å². The third-order valence-electron chi connectivity index (χ3n) is 3.88. The van der Waals surface area contributed by atoms with Crippen LogP contribution in [-0.2, 0) is 14.8 Å². The van der Waals surface area contributed by atoms with Crippen molar-refractivity contribution in [1.82, 2.24) is 14.9 Å². The molecule has 0 aromatic heterocycles. The number of carbonyl (C=O) groups excluding carboxylic acids is 2. The summed E-state index contributed by atoms with van der Waals surface area (Å²) in [7, 11) is -3.89. The van der Waals surface area contributed by atoms with E-state index in [0.717, 1.165) is 11.0 Å². The Morgan fingerprint density at radius 2 is 1.88 bits per heavy atom. The molecule has 0 radical (unpaired) electrons. The number of rotatable bonds is 5. The topological polar surface area (TPSA) is 100 Å². The number of amides is 3. The number of hydrogen-bond acceptors (Lipinski definition) is 4. The molecule has 1 heterocycles. The molecular weight excluding hydrogens is 351 g/mol. The third-order valence-corrected chi connectivity index (χ3v) is 5.82. The molecule has 2 rings (SSSR count). The minimum absolute atomic E-state index is 0.0741. The number of hydrogen-bond donors (Lipinski definition) is 3. The van der Waals surface area contributed by atoms with Gasteiger partial charge < -0.3 is 10.2 Å². The Hall–Kier alpha value is -2.04. The van der Waals surface area contributed by atoms with Crippen LogP contribution in [0.1, 0.15) is 6.92 Å². The van der Waals surface area contributed by atoms with E-state index in [1.54, 1.807) is 6.92 Å². The Balaban J connectivity index is 1.90. The highest BCUT2D eigenvalue weighted by molar-refractivity contribution is 7.89. The first-order valence-corrected chi connectivity index (χ1v) is 9.44. The molecule has 0 bridgehead atoms. The SMILES string of the molecule is CCNC(=O)NC(=O)C[NH+]1CCN(S(=O)(=O)c2ccccc2F)CC1. The fourth-order valence-corrected chi connectivity index (χ4v) is 4.12. The van der Waals surface area contributed by atoms with Gasteiger partial charge in [0.2, 0.25) is 10.0 Å². The predicted molar refractivity (Wildman–Crippen MR) is 87.9 cm³/mol. The second kappa shape index (κ2) is 8.37. The zero-order valence-electron chi connectivity index (χ0n) is 13.9. The average Bonchev–Trinajstić information content (AvgIpc) is 2.55. The van der Waals surface area contributed by atoms with Gasteiger partial charge in [-0.15, -0.1) is 0 Å². The van der Waals surface area contributed by atoms with Gasteiger partial charge in [-0.1, -0.05) is 12.1 Å². The third kappa shape index (κ3) is 4.97. The highest BCUT2D eigenvalue weighted by Gasteiger charge is 2.32. The monoisotopic (exact) mass is 373 g/mol. The fourth-order valence-electron chi connectivity index (χ4n) is 2.62. The van der Waals surface area contributed by atoms with Crippen LogP contribution in [0, 0.1) is 5.82 Å². The van der Waals surface area contributed by atoms with Crippen LogP contribution in [-0.4, -0.2) is 63.9 Å². The lowest BCUT2D eigenvalue weighted by molar-refractivity contribution is -0.895. The van der Waals surface area contributed by atoms with Gasteiger partial charge in [0.15, 0.2) is 6.54 Å². The summed E-state index contributed by atoms with van der Waals surface area (Å²) >= 11 is 0. The molecule has 1 aromatic rings. The molecule has 1 fully saturated rings. The normalized spacial score (nSPS) is 16.4. The van der Waals surface area contributed by atoms with Crippen LogP contribution < -0.4 is 15.5 Å². The van der Waals surface area contributed by atoms with Crippen molar-refractivity contribution in [2.45, 2.75) is 11.8 Å². The van der Waals surface area contributed by atoms with Gasteiger partial charge in [0, 0.05) is 6.54 Å². The maximum absolute atomic E-state index is 13.8. The second-order valence-corrected chi connectivity index (χ2v) is 7.58. The van der Waals surface area contributed by atoms with Gasteiger partial charge in [0.1, 0.15) is 10.7 Å². The molecule has 0 aliphatic carbocycles. The number of nitrogens with one attached hydrogen (secondary N) is 3. The highest BCUT2D eigenvalue weighted by Crippen LogP contribution is 2.18. The molecule has 0 unspecified atom stereocenters. The summed E-state index contributed by atoms with van der Waals surface area (Å²) in [6, 6.07) is 4.71. The molecule has 0 spiro atoms. The minimum Gasteiger partial charge on any atom is -0.338 e. The van der Waals surface area contributed by atoms with Crippen molar-refractivity contribution in [3.8, 4) is 0 Å². The minimum atomic E-state index is -3.89. The number of carbonyl (C=O) groups is 2. The van der Waals surface area contributed by atoms with Gasteiger partial charge >= 0.3 is 6.03 Å². The van der Waals surface area contributed by atoms with Gasteiger partial charge in [-0.25, -0.2) is 17.6 Å². The van der Waals surface area contributed by atoms with Crippen LogP contribution >= 0.6 is 0 Å². The van der Waals surface area contributed by atoms with Gasteiger partial charge in [0.25, 0.3) is 5.91 Å². The number of nitrogens with zero attached hydrogens (tertiary/aromatic N) is 1. The number of benzene rings is 1. The number of urea groups is 1. The largest absolute Gasteiger partial charge is 0.338 e. The van der Waals surface area contributed by atoms with Gasteiger partial charge in [-0.05, 0) is 19.1 Å². The smallest absolute Gasteiger partial charge is 0.321 e. The molecule has 10 heteroatoms. The summed E-state index contributed by atoms with van der Waals surface area (Å²) in [4.78, 5) is 23.6. The molecule has 0 atom stereocenters. The van der Waals surface area contributed by atoms with Crippen molar-refractivity contribution in [2.75, 3.05) is 39.3 Å². The van der Waals surface area contributed by atoms with Crippen molar-refractivity contribution >= 4 is 22.0 Å². The van der Waals surface area contributed by atoms with Crippen LogP contribution in [0.3, 0.4) is 0 Å². The Kier molecular flexibility index (Phi) is 6.45. The summed E-state index contributed by atoms with van der Waals surface area (Å²) < 4.78 is 40.0. The first-order chi connectivity index (χ1) is 11.8. The van der Waals surface area contributed by atoms with Crippen LogP contribution in [0.5, 0.6) is 0 Å². The van der Waals surface area contributed by atoms with E-state index in [4.69, 9.17) is 0 Å². The van der Waals surface area contributed by atoms with E-state index in [1.807, 2.05) is 0 Å². The summed E-state index contributed by atoms with van der Waals surface area (Å²) in [6.07, 6.45) is 0. The van der Waals surface area contributed by atoms with Crippen LogP contribution in [0.25, 0.3) is 0 Å². The first-order valence-electron chi connectivity index (χ1n) is 8.00. The summed E-state index contributed by atoms with van der Waals surface area (Å²) in [5.74, 6) is -1.20. The molecule has 25 heavy (non-hydrogen) atoms. The van der Waals surface area contributed by atoms with Gasteiger partial charge in [-0.2, -0.15) is 4.31 Å². The standard InChI is InChI=1S/C15H21FN4O4S/c1-2-17-15(22)18-14(21)11-19-7-9-20(10-8-19)25(23,24)13-6-4-3-5-12(13)16/h3-6H,2,7-11H2,1H3,(H2,17,18,21,22)/p+1. The van der Waals surface area contributed by atoms with E-state index < -0.39 is 27.8 Å². The van der Waals surface area contributed by atoms with Crippen LogP contribution in [0.15, 0.2) is 29.2 Å². The lowest BCUT2D eigenvalue weighted by Gasteiger charge is -2.31. The van der Waals surface area contributed by atoms with Crippen molar-refractivity contribution in [1.29, 1.82) is 0 Å². The van der Waals surface area contributed by atoms with Crippen molar-refractivity contribution in [2.24, 2.45) is 0 Å². The van der Waals surface area contributed by atoms with Gasteiger partial charge in [-0.3, -0.25) is 10.1 Å². The molecule has 3 N–H and O–H groups in total. The maximum Gasteiger partial charge on any atom is 0.321 e. The molecule has 1 saturated heterocycles. The van der Waals surface area contributed by atoms with Crippen LogP contribution in [0.4, 0.5) is 9.18 Å². The van der Waals surface area contributed by atoms with E-state index in [1.165, 1.54) is 22.5 Å². The Bertz CT molecular complexity index is 733. The molecule has 8 nitrogen and oxygen atoms in total. The van der Waals surface area contributed by atoms with Crippen LogP contribution in [0.2, 0.25) is 0 Å². The summed E-state index contributed by atoms with van der Waals surface area (Å²) in [5.41, 5.74) is 0. The van der Waals surface area contributed by atoms with Crippen molar-refractivity contribution < 1.29 is 27.3 Å².